The van der Waals surface area contributed by atoms with Crippen molar-refractivity contribution in [2.45, 2.75) is 42.3 Å². The van der Waals surface area contributed by atoms with Crippen molar-refractivity contribution in [1.29, 1.82) is 0 Å². The number of nitrogens with two attached hydrogens (primary N) is 1. The quantitative estimate of drug-likeness (QED) is 0.788. The average molecular weight is 323 g/mol. The van der Waals surface area contributed by atoms with Crippen molar-refractivity contribution < 1.29 is 4.74 Å². The Balaban J connectivity index is 2.25. The molecule has 2 atom stereocenters. The lowest BCUT2D eigenvalue weighted by Crippen LogP contribution is -2.25. The van der Waals surface area contributed by atoms with Crippen LogP contribution in [0.1, 0.15) is 36.9 Å². The molecular formula is C15H21N3OS2. The standard InChI is InChI=1S/C15H21N3OS2/c1-4-12(16)14(10-7-6-8-11(9-10)19-3)20-15-17-13(5-2)18-21-15/h6-9,12,14H,4-5,16H2,1-3H3. The Labute approximate surface area is 134 Å². The number of benzene rings is 1. The highest BCUT2D eigenvalue weighted by atomic mass is 32.2. The van der Waals surface area contributed by atoms with E-state index >= 15 is 0 Å². The Bertz CT molecular complexity index is 574. The van der Waals surface area contributed by atoms with Crippen molar-refractivity contribution in [3.8, 4) is 5.75 Å². The van der Waals surface area contributed by atoms with E-state index in [0.29, 0.717) is 0 Å². The maximum absolute atomic E-state index is 6.32. The van der Waals surface area contributed by atoms with Gasteiger partial charge in [-0.2, -0.15) is 4.37 Å². The van der Waals surface area contributed by atoms with Crippen LogP contribution in [-0.2, 0) is 6.42 Å². The van der Waals surface area contributed by atoms with Gasteiger partial charge in [-0.25, -0.2) is 4.98 Å². The van der Waals surface area contributed by atoms with Crippen LogP contribution >= 0.6 is 23.3 Å². The first-order valence-electron chi connectivity index (χ1n) is 7.06. The van der Waals surface area contributed by atoms with Crippen molar-refractivity contribution in [2.75, 3.05) is 7.11 Å². The molecule has 0 saturated heterocycles. The monoisotopic (exact) mass is 323 g/mol. The minimum absolute atomic E-state index is 0.0658. The summed E-state index contributed by atoms with van der Waals surface area (Å²) in [5.41, 5.74) is 7.49. The average Bonchev–Trinajstić information content (AvgIpc) is 2.99. The molecule has 2 aromatic rings. The van der Waals surface area contributed by atoms with E-state index in [1.54, 1.807) is 18.9 Å². The van der Waals surface area contributed by atoms with E-state index in [0.717, 1.165) is 28.8 Å². The molecule has 0 radical (unpaired) electrons. The molecule has 114 valence electrons. The highest BCUT2D eigenvalue weighted by molar-refractivity contribution is 8.01. The van der Waals surface area contributed by atoms with Gasteiger partial charge in [-0.3, -0.25) is 0 Å². The van der Waals surface area contributed by atoms with Gasteiger partial charge in [0.2, 0.25) is 0 Å². The Kier molecular flexibility index (Phi) is 6.02. The van der Waals surface area contributed by atoms with Gasteiger partial charge in [-0.15, -0.1) is 0 Å². The third-order valence-electron chi connectivity index (χ3n) is 3.28. The summed E-state index contributed by atoms with van der Waals surface area (Å²) in [4.78, 5) is 4.54. The fourth-order valence-electron chi connectivity index (χ4n) is 1.97. The molecule has 2 unspecified atom stereocenters. The maximum atomic E-state index is 6.32. The molecule has 6 heteroatoms. The minimum atomic E-state index is 0.0658. The third-order valence-corrected chi connectivity index (χ3v) is 5.51. The van der Waals surface area contributed by atoms with Gasteiger partial charge in [-0.1, -0.05) is 37.7 Å². The van der Waals surface area contributed by atoms with Gasteiger partial charge in [0.1, 0.15) is 11.6 Å². The smallest absolute Gasteiger partial charge is 0.170 e. The molecule has 0 amide bonds. The molecule has 0 fully saturated rings. The molecular weight excluding hydrogens is 302 g/mol. The lowest BCUT2D eigenvalue weighted by molar-refractivity contribution is 0.414. The first-order valence-corrected chi connectivity index (χ1v) is 8.72. The summed E-state index contributed by atoms with van der Waals surface area (Å²) < 4.78 is 10.6. The van der Waals surface area contributed by atoms with Gasteiger partial charge in [-0.05, 0) is 35.6 Å². The van der Waals surface area contributed by atoms with Crippen molar-refractivity contribution in [3.63, 3.8) is 0 Å². The van der Waals surface area contributed by atoms with Crippen LogP contribution in [0.5, 0.6) is 5.75 Å². The molecule has 4 nitrogen and oxygen atoms in total. The molecule has 2 N–H and O–H groups in total. The fourth-order valence-corrected chi connectivity index (χ4v) is 4.09. The fraction of sp³-hybridized carbons (Fsp3) is 0.467. The predicted octanol–water partition coefficient (Wildman–Crippen LogP) is 3.68. The number of hydrogen-bond acceptors (Lipinski definition) is 6. The van der Waals surface area contributed by atoms with Crippen LogP contribution in [0.2, 0.25) is 0 Å². The van der Waals surface area contributed by atoms with E-state index in [2.05, 4.69) is 35.3 Å². The van der Waals surface area contributed by atoms with Crippen LogP contribution in [0.25, 0.3) is 0 Å². The molecule has 0 aliphatic heterocycles. The highest BCUT2D eigenvalue weighted by Crippen LogP contribution is 2.39. The molecule has 1 aromatic carbocycles. The van der Waals surface area contributed by atoms with Crippen LogP contribution in [-0.4, -0.2) is 22.5 Å². The number of thioether (sulfide) groups is 1. The molecule has 1 heterocycles. The summed E-state index contributed by atoms with van der Waals surface area (Å²) in [7, 11) is 1.68. The Morgan fingerprint density at radius 1 is 1.38 bits per heavy atom. The topological polar surface area (TPSA) is 61.0 Å². The molecule has 0 bridgehead atoms. The third kappa shape index (κ3) is 4.18. The van der Waals surface area contributed by atoms with Gasteiger partial charge >= 0.3 is 0 Å². The second-order valence-corrected chi connectivity index (χ2v) is 6.86. The molecule has 21 heavy (non-hydrogen) atoms. The Hall–Kier alpha value is -1.11. The van der Waals surface area contributed by atoms with E-state index in [4.69, 9.17) is 10.5 Å². The molecule has 0 aliphatic carbocycles. The number of rotatable bonds is 7. The van der Waals surface area contributed by atoms with Crippen LogP contribution < -0.4 is 10.5 Å². The second kappa shape index (κ2) is 7.77. The zero-order valence-corrected chi connectivity index (χ0v) is 14.2. The normalized spacial score (nSPS) is 13.9. The predicted molar refractivity (Wildman–Crippen MR) is 89.1 cm³/mol. The largest absolute Gasteiger partial charge is 0.497 e. The molecule has 0 aliphatic rings. The summed E-state index contributed by atoms with van der Waals surface area (Å²) in [6.45, 7) is 4.17. The van der Waals surface area contributed by atoms with E-state index in [9.17, 15) is 0 Å². The van der Waals surface area contributed by atoms with Gasteiger partial charge in [0.15, 0.2) is 4.34 Å². The highest BCUT2D eigenvalue weighted by Gasteiger charge is 2.22. The van der Waals surface area contributed by atoms with Gasteiger partial charge in [0, 0.05) is 12.5 Å². The number of methoxy groups -OCH3 is 1. The van der Waals surface area contributed by atoms with E-state index in [1.807, 2.05) is 12.1 Å². The zero-order chi connectivity index (χ0) is 15.2. The van der Waals surface area contributed by atoms with Crippen LogP contribution in [0.3, 0.4) is 0 Å². The van der Waals surface area contributed by atoms with E-state index < -0.39 is 0 Å². The summed E-state index contributed by atoms with van der Waals surface area (Å²) in [6, 6.07) is 8.16. The van der Waals surface area contributed by atoms with Crippen LogP contribution in [0.4, 0.5) is 0 Å². The number of ether oxygens (including phenoxy) is 1. The number of hydrogen-bond donors (Lipinski definition) is 1. The van der Waals surface area contributed by atoms with Crippen molar-refractivity contribution in [3.05, 3.63) is 35.7 Å². The SMILES string of the molecule is CCc1nsc(SC(c2cccc(OC)c2)C(N)CC)n1. The van der Waals surface area contributed by atoms with Gasteiger partial charge in [0.25, 0.3) is 0 Å². The van der Waals surface area contributed by atoms with Crippen LogP contribution in [0, 0.1) is 0 Å². The van der Waals surface area contributed by atoms with E-state index in [-0.39, 0.29) is 11.3 Å². The molecule has 1 aromatic heterocycles. The second-order valence-electron chi connectivity index (χ2n) is 4.72. The summed E-state index contributed by atoms with van der Waals surface area (Å²) >= 11 is 3.14. The number of aryl methyl sites for hydroxylation is 1. The lowest BCUT2D eigenvalue weighted by Gasteiger charge is -2.22. The zero-order valence-electron chi connectivity index (χ0n) is 12.6. The first kappa shape index (κ1) is 16.3. The van der Waals surface area contributed by atoms with Crippen molar-refractivity contribution in [1.82, 2.24) is 9.36 Å². The lowest BCUT2D eigenvalue weighted by atomic mass is 10.0. The van der Waals surface area contributed by atoms with Gasteiger partial charge in [0.05, 0.1) is 12.4 Å². The van der Waals surface area contributed by atoms with Gasteiger partial charge < -0.3 is 10.5 Å². The maximum Gasteiger partial charge on any atom is 0.170 e. The Morgan fingerprint density at radius 2 is 2.19 bits per heavy atom. The summed E-state index contributed by atoms with van der Waals surface area (Å²) in [6.07, 6.45) is 1.77. The number of nitrogens with zero attached hydrogens (tertiary/aromatic N) is 2. The minimum Gasteiger partial charge on any atom is -0.497 e. The molecule has 0 spiro atoms. The van der Waals surface area contributed by atoms with E-state index in [1.165, 1.54) is 17.1 Å². The summed E-state index contributed by atoms with van der Waals surface area (Å²) in [5, 5.41) is 0.155. The van der Waals surface area contributed by atoms with Crippen molar-refractivity contribution in [2.24, 2.45) is 5.73 Å². The summed E-state index contributed by atoms with van der Waals surface area (Å²) in [5.74, 6) is 1.75. The van der Waals surface area contributed by atoms with Crippen LogP contribution in [0.15, 0.2) is 28.6 Å². The van der Waals surface area contributed by atoms with Crippen molar-refractivity contribution >= 4 is 23.3 Å². The first-order chi connectivity index (χ1) is 10.2. The molecule has 0 saturated carbocycles. The number of aromatic nitrogens is 2. The molecule has 2 rings (SSSR count). The Morgan fingerprint density at radius 3 is 2.81 bits per heavy atom.